The smallest absolute Gasteiger partial charge is 0.410 e. The first-order chi connectivity index (χ1) is 16.5. The SMILES string of the molecule is Cn1ncnc1C(=O)C12CC(C=N)=C(Nc3ccc(F)cc3)C=C1CCN(C(=O)OC(C)(C)C)C2. The molecule has 1 aliphatic carbocycles. The Morgan fingerprint density at radius 3 is 2.57 bits per heavy atom. The number of anilines is 1. The van der Waals surface area contributed by atoms with E-state index in [4.69, 9.17) is 10.1 Å². The van der Waals surface area contributed by atoms with Crippen LogP contribution in [0.25, 0.3) is 0 Å². The summed E-state index contributed by atoms with van der Waals surface area (Å²) < 4.78 is 20.4. The second kappa shape index (κ2) is 9.09. The molecule has 0 spiro atoms. The summed E-state index contributed by atoms with van der Waals surface area (Å²) in [6.07, 6.45) is 4.54. The standard InChI is InChI=1S/C25H29FN6O3/c1-24(2,3)35-23(34)32-10-9-17-11-20(30-19-7-5-18(26)6-8-19)16(13-27)12-25(17,14-32)21(33)22-28-15-29-31(22)4/h5-8,11,13,15,27,30H,9-10,12,14H2,1-4H3. The molecule has 184 valence electrons. The van der Waals surface area contributed by atoms with Gasteiger partial charge < -0.3 is 20.4 Å². The van der Waals surface area contributed by atoms with Crippen LogP contribution in [0.5, 0.6) is 0 Å². The summed E-state index contributed by atoms with van der Waals surface area (Å²) in [5.74, 6) is -0.431. The highest BCUT2D eigenvalue weighted by atomic mass is 19.1. The molecule has 1 aromatic carbocycles. The highest BCUT2D eigenvalue weighted by Gasteiger charge is 2.51. The number of ether oxygens (including phenoxy) is 1. The van der Waals surface area contributed by atoms with Crippen molar-refractivity contribution in [1.29, 1.82) is 5.41 Å². The van der Waals surface area contributed by atoms with Gasteiger partial charge in [-0.3, -0.25) is 4.79 Å². The van der Waals surface area contributed by atoms with Crippen molar-refractivity contribution in [1.82, 2.24) is 19.7 Å². The number of piperidine rings is 1. The second-order valence-corrected chi connectivity index (χ2v) is 9.83. The predicted molar refractivity (Wildman–Crippen MR) is 129 cm³/mol. The van der Waals surface area contributed by atoms with Crippen LogP contribution in [0.15, 0.2) is 53.5 Å². The van der Waals surface area contributed by atoms with Crippen LogP contribution in [-0.4, -0.2) is 56.4 Å². The number of hydrogen-bond donors (Lipinski definition) is 2. The van der Waals surface area contributed by atoms with Crippen LogP contribution >= 0.6 is 0 Å². The van der Waals surface area contributed by atoms with E-state index < -0.39 is 17.1 Å². The molecule has 1 fully saturated rings. The van der Waals surface area contributed by atoms with Gasteiger partial charge in [-0.05, 0) is 69.5 Å². The third-order valence-electron chi connectivity index (χ3n) is 6.18. The van der Waals surface area contributed by atoms with Gasteiger partial charge in [-0.2, -0.15) is 5.10 Å². The number of Topliss-reactive ketones (excluding diaryl/α,β-unsaturated/α-hetero) is 1. The summed E-state index contributed by atoms with van der Waals surface area (Å²) in [6, 6.07) is 5.93. The van der Waals surface area contributed by atoms with Gasteiger partial charge in [-0.15, -0.1) is 0 Å². The Kier molecular flexibility index (Phi) is 6.31. The van der Waals surface area contributed by atoms with E-state index in [1.807, 2.05) is 6.08 Å². The van der Waals surface area contributed by atoms with E-state index in [9.17, 15) is 14.0 Å². The minimum Gasteiger partial charge on any atom is -0.444 e. The Morgan fingerprint density at radius 1 is 1.26 bits per heavy atom. The van der Waals surface area contributed by atoms with Crippen LogP contribution in [0.1, 0.15) is 44.2 Å². The lowest BCUT2D eigenvalue weighted by atomic mass is 9.65. The van der Waals surface area contributed by atoms with Crippen LogP contribution in [-0.2, 0) is 11.8 Å². The third-order valence-corrected chi connectivity index (χ3v) is 6.18. The number of aromatic nitrogens is 3. The number of nitrogens with zero attached hydrogens (tertiary/aromatic N) is 4. The second-order valence-electron chi connectivity index (χ2n) is 9.83. The number of fused-ring (bicyclic) bond motifs is 1. The summed E-state index contributed by atoms with van der Waals surface area (Å²) in [6.45, 7) is 5.87. The molecule has 0 bridgehead atoms. The molecule has 1 amide bonds. The van der Waals surface area contributed by atoms with Gasteiger partial charge in [0.2, 0.25) is 5.78 Å². The van der Waals surface area contributed by atoms with Crippen molar-refractivity contribution in [3.63, 3.8) is 0 Å². The molecule has 2 aromatic rings. The number of nitrogens with one attached hydrogen (secondary N) is 2. The Hall–Kier alpha value is -3.82. The Bertz CT molecular complexity index is 1220. The van der Waals surface area contributed by atoms with Gasteiger partial charge >= 0.3 is 6.09 Å². The zero-order chi connectivity index (χ0) is 25.4. The normalized spacial score (nSPS) is 20.1. The fourth-order valence-electron chi connectivity index (χ4n) is 4.50. The molecule has 0 saturated carbocycles. The number of benzene rings is 1. The van der Waals surface area contributed by atoms with Gasteiger partial charge in [-0.1, -0.05) is 5.57 Å². The molecule has 4 rings (SSSR count). The number of carbonyl (C=O) groups excluding carboxylic acids is 2. The van der Waals surface area contributed by atoms with E-state index in [1.165, 1.54) is 29.4 Å². The summed E-state index contributed by atoms with van der Waals surface area (Å²) in [4.78, 5) is 32.6. The zero-order valence-corrected chi connectivity index (χ0v) is 20.3. The van der Waals surface area contributed by atoms with Crippen LogP contribution in [0.3, 0.4) is 0 Å². The van der Waals surface area contributed by atoms with Crippen LogP contribution < -0.4 is 5.32 Å². The average molecular weight is 481 g/mol. The minimum absolute atomic E-state index is 0.0978. The topological polar surface area (TPSA) is 113 Å². The molecule has 2 N–H and O–H groups in total. The maximum absolute atomic E-state index is 14.0. The number of halogens is 1. The van der Waals surface area contributed by atoms with Gasteiger partial charge in [-0.25, -0.2) is 18.9 Å². The predicted octanol–water partition coefficient (Wildman–Crippen LogP) is 4.11. The van der Waals surface area contributed by atoms with E-state index in [1.54, 1.807) is 44.9 Å². The molecule has 1 saturated heterocycles. The average Bonchev–Trinajstić information content (AvgIpc) is 3.23. The van der Waals surface area contributed by atoms with Gasteiger partial charge in [0.05, 0.1) is 5.41 Å². The maximum Gasteiger partial charge on any atom is 0.410 e. The zero-order valence-electron chi connectivity index (χ0n) is 20.3. The molecule has 2 aliphatic rings. The quantitative estimate of drug-likeness (QED) is 0.492. The number of aryl methyl sites for hydroxylation is 1. The molecule has 2 heterocycles. The van der Waals surface area contributed by atoms with E-state index in [2.05, 4.69) is 15.4 Å². The third kappa shape index (κ3) is 4.87. The first-order valence-electron chi connectivity index (χ1n) is 11.4. The van der Waals surface area contributed by atoms with Crippen molar-refractivity contribution < 1.29 is 18.7 Å². The van der Waals surface area contributed by atoms with Gasteiger partial charge in [0.25, 0.3) is 0 Å². The first kappa shape index (κ1) is 24.3. The molecule has 10 heteroatoms. The van der Waals surface area contributed by atoms with Crippen molar-refractivity contribution >= 4 is 23.8 Å². The van der Waals surface area contributed by atoms with E-state index in [0.29, 0.717) is 29.9 Å². The van der Waals surface area contributed by atoms with Crippen molar-refractivity contribution in [2.75, 3.05) is 18.4 Å². The number of ketones is 1. The van der Waals surface area contributed by atoms with Crippen LogP contribution in [0.2, 0.25) is 0 Å². The molecule has 1 atom stereocenters. The molecule has 1 aromatic heterocycles. The largest absolute Gasteiger partial charge is 0.444 e. The first-order valence-corrected chi connectivity index (χ1v) is 11.4. The van der Waals surface area contributed by atoms with Gasteiger partial charge in [0.1, 0.15) is 17.7 Å². The van der Waals surface area contributed by atoms with Gasteiger partial charge in [0, 0.05) is 37.7 Å². The fraction of sp³-hybridized carbons (Fsp3) is 0.400. The summed E-state index contributed by atoms with van der Waals surface area (Å²) in [7, 11) is 1.65. The maximum atomic E-state index is 14.0. The number of carbonyl (C=O) groups is 2. The Balaban J connectivity index is 1.73. The van der Waals surface area contributed by atoms with E-state index >= 15 is 0 Å². The molecule has 1 unspecified atom stereocenters. The van der Waals surface area contributed by atoms with E-state index in [0.717, 1.165) is 5.57 Å². The highest BCUT2D eigenvalue weighted by molar-refractivity contribution is 6.02. The van der Waals surface area contributed by atoms with Crippen LogP contribution in [0.4, 0.5) is 14.9 Å². The lowest BCUT2D eigenvalue weighted by molar-refractivity contribution is 0.0136. The molecule has 0 radical (unpaired) electrons. The number of rotatable bonds is 5. The molecule has 1 aliphatic heterocycles. The molecular weight excluding hydrogens is 451 g/mol. The minimum atomic E-state index is -1.11. The molecule has 35 heavy (non-hydrogen) atoms. The number of likely N-dealkylation sites (tertiary alicyclic amines) is 1. The van der Waals surface area contributed by atoms with Crippen molar-refractivity contribution in [3.8, 4) is 0 Å². The monoisotopic (exact) mass is 480 g/mol. The van der Waals surface area contributed by atoms with Crippen molar-refractivity contribution in [2.45, 2.75) is 39.2 Å². The number of allylic oxidation sites excluding steroid dienone is 2. The van der Waals surface area contributed by atoms with Crippen LogP contribution in [0, 0.1) is 16.6 Å². The van der Waals surface area contributed by atoms with Gasteiger partial charge in [0.15, 0.2) is 5.82 Å². The summed E-state index contributed by atoms with van der Waals surface area (Å²) in [5.41, 5.74) is 0.952. The fourth-order valence-corrected chi connectivity index (χ4v) is 4.50. The lowest BCUT2D eigenvalue weighted by Gasteiger charge is -2.45. The highest BCUT2D eigenvalue weighted by Crippen LogP contribution is 2.47. The number of hydrogen-bond acceptors (Lipinski definition) is 7. The Morgan fingerprint density at radius 2 is 1.97 bits per heavy atom. The van der Waals surface area contributed by atoms with E-state index in [-0.39, 0.29) is 30.4 Å². The number of amides is 1. The summed E-state index contributed by atoms with van der Waals surface area (Å²) in [5, 5.41) is 15.4. The lowest BCUT2D eigenvalue weighted by Crippen LogP contribution is -2.53. The summed E-state index contributed by atoms with van der Waals surface area (Å²) >= 11 is 0. The Labute approximate surface area is 203 Å². The molecular formula is C25H29FN6O3. The molecule has 9 nitrogen and oxygen atoms in total. The van der Waals surface area contributed by atoms with Crippen molar-refractivity contribution in [2.24, 2.45) is 12.5 Å². The van der Waals surface area contributed by atoms with Crippen molar-refractivity contribution in [3.05, 3.63) is 65.2 Å².